The highest BCUT2D eigenvalue weighted by Crippen LogP contribution is 2.35. The molecular weight excluding hydrogens is 226 g/mol. The van der Waals surface area contributed by atoms with Crippen molar-refractivity contribution in [2.75, 3.05) is 12.8 Å². The maximum absolute atomic E-state index is 6.17. The number of methoxy groups -OCH3 is 1. The van der Waals surface area contributed by atoms with Gasteiger partial charge in [-0.2, -0.15) is 5.10 Å². The molecule has 0 aliphatic carbocycles. The van der Waals surface area contributed by atoms with E-state index in [4.69, 9.17) is 22.1 Å². The van der Waals surface area contributed by atoms with Gasteiger partial charge in [-0.15, -0.1) is 0 Å². The minimum absolute atomic E-state index is 0.449. The molecule has 1 heterocycles. The second-order valence-electron chi connectivity index (χ2n) is 3.45. The monoisotopic (exact) mass is 237 g/mol. The van der Waals surface area contributed by atoms with Crippen LogP contribution in [0.4, 0.5) is 5.82 Å². The van der Waals surface area contributed by atoms with Crippen molar-refractivity contribution >= 4 is 17.4 Å². The molecule has 0 aliphatic heterocycles. The molecule has 0 saturated carbocycles. The number of rotatable bonds is 2. The summed E-state index contributed by atoms with van der Waals surface area (Å²) in [6.45, 7) is 1.90. The van der Waals surface area contributed by atoms with Gasteiger partial charge in [0.25, 0.3) is 0 Å². The maximum atomic E-state index is 6.17. The zero-order chi connectivity index (χ0) is 11.7. The van der Waals surface area contributed by atoms with E-state index in [0.717, 1.165) is 16.8 Å². The van der Waals surface area contributed by atoms with E-state index < -0.39 is 0 Å². The van der Waals surface area contributed by atoms with Gasteiger partial charge >= 0.3 is 0 Å². The van der Waals surface area contributed by atoms with Crippen LogP contribution in [0, 0.1) is 6.92 Å². The third-order valence-corrected chi connectivity index (χ3v) is 2.73. The van der Waals surface area contributed by atoms with Crippen LogP contribution >= 0.6 is 11.6 Å². The molecule has 2 rings (SSSR count). The molecule has 0 atom stereocenters. The van der Waals surface area contributed by atoms with Crippen LogP contribution in [0.1, 0.15) is 5.69 Å². The molecule has 0 unspecified atom stereocenters. The SMILES string of the molecule is COc1ccc(-c2c(N)n[nH]c2C)c(Cl)c1. The molecule has 0 saturated heterocycles. The molecule has 0 fully saturated rings. The van der Waals surface area contributed by atoms with Crippen LogP contribution in [0.15, 0.2) is 18.2 Å². The molecular formula is C11H12ClN3O. The van der Waals surface area contributed by atoms with Crippen molar-refractivity contribution < 1.29 is 4.74 Å². The predicted molar refractivity (Wildman–Crippen MR) is 64.7 cm³/mol. The second kappa shape index (κ2) is 4.06. The molecule has 3 N–H and O–H groups in total. The molecule has 16 heavy (non-hydrogen) atoms. The smallest absolute Gasteiger partial charge is 0.153 e. The Labute approximate surface area is 98.4 Å². The molecule has 0 bridgehead atoms. The van der Waals surface area contributed by atoms with Crippen molar-refractivity contribution in [1.29, 1.82) is 0 Å². The average Bonchev–Trinajstić information content (AvgIpc) is 2.59. The predicted octanol–water partition coefficient (Wildman–Crippen LogP) is 2.63. The number of hydrogen-bond acceptors (Lipinski definition) is 3. The zero-order valence-electron chi connectivity index (χ0n) is 9.04. The van der Waals surface area contributed by atoms with Gasteiger partial charge in [0.1, 0.15) is 5.75 Å². The van der Waals surface area contributed by atoms with Crippen LogP contribution < -0.4 is 10.5 Å². The number of aromatic nitrogens is 2. The van der Waals surface area contributed by atoms with E-state index in [1.165, 1.54) is 0 Å². The zero-order valence-corrected chi connectivity index (χ0v) is 9.80. The third-order valence-electron chi connectivity index (χ3n) is 2.42. The highest BCUT2D eigenvalue weighted by atomic mass is 35.5. The van der Waals surface area contributed by atoms with E-state index >= 15 is 0 Å². The van der Waals surface area contributed by atoms with Crippen molar-refractivity contribution in [2.45, 2.75) is 6.92 Å². The number of benzene rings is 1. The molecule has 84 valence electrons. The first-order valence-corrected chi connectivity index (χ1v) is 5.15. The average molecular weight is 238 g/mol. The number of anilines is 1. The van der Waals surface area contributed by atoms with Gasteiger partial charge < -0.3 is 10.5 Å². The van der Waals surface area contributed by atoms with E-state index in [1.54, 1.807) is 13.2 Å². The van der Waals surface area contributed by atoms with Gasteiger partial charge in [-0.25, -0.2) is 0 Å². The summed E-state index contributed by atoms with van der Waals surface area (Å²) < 4.78 is 5.09. The van der Waals surface area contributed by atoms with Gasteiger partial charge in [0.05, 0.1) is 12.1 Å². The van der Waals surface area contributed by atoms with Crippen LogP contribution in [-0.4, -0.2) is 17.3 Å². The summed E-state index contributed by atoms with van der Waals surface area (Å²) in [7, 11) is 1.60. The van der Waals surface area contributed by atoms with E-state index in [1.807, 2.05) is 19.1 Å². The molecule has 0 aliphatic rings. The van der Waals surface area contributed by atoms with Crippen LogP contribution in [0.2, 0.25) is 5.02 Å². The van der Waals surface area contributed by atoms with Crippen molar-refractivity contribution in [1.82, 2.24) is 10.2 Å². The topological polar surface area (TPSA) is 63.9 Å². The third kappa shape index (κ3) is 1.72. The molecule has 0 spiro atoms. The molecule has 1 aromatic heterocycles. The molecule has 2 aromatic rings. The van der Waals surface area contributed by atoms with E-state index in [9.17, 15) is 0 Å². The summed E-state index contributed by atoms with van der Waals surface area (Å²) in [6, 6.07) is 5.46. The first kappa shape index (κ1) is 10.8. The Bertz CT molecular complexity index is 502. The normalized spacial score (nSPS) is 10.4. The molecule has 0 amide bonds. The number of aromatic amines is 1. The quantitative estimate of drug-likeness (QED) is 0.844. The number of nitrogens with one attached hydrogen (secondary N) is 1. The minimum Gasteiger partial charge on any atom is -0.497 e. The molecule has 5 heteroatoms. The lowest BCUT2D eigenvalue weighted by Crippen LogP contribution is -1.90. The number of ether oxygens (including phenoxy) is 1. The summed E-state index contributed by atoms with van der Waals surface area (Å²) in [5.41, 5.74) is 8.37. The van der Waals surface area contributed by atoms with Crippen LogP contribution in [-0.2, 0) is 0 Å². The fraction of sp³-hybridized carbons (Fsp3) is 0.182. The number of H-pyrrole nitrogens is 1. The largest absolute Gasteiger partial charge is 0.497 e. The van der Waals surface area contributed by atoms with Crippen molar-refractivity contribution in [3.8, 4) is 16.9 Å². The summed E-state index contributed by atoms with van der Waals surface area (Å²) in [5, 5.41) is 7.36. The van der Waals surface area contributed by atoms with Crippen molar-refractivity contribution in [3.05, 3.63) is 28.9 Å². The number of aryl methyl sites for hydroxylation is 1. The minimum atomic E-state index is 0.449. The van der Waals surface area contributed by atoms with Gasteiger partial charge in [-0.1, -0.05) is 11.6 Å². The Morgan fingerprint density at radius 1 is 1.44 bits per heavy atom. The Morgan fingerprint density at radius 3 is 2.69 bits per heavy atom. The van der Waals surface area contributed by atoms with Gasteiger partial charge in [0, 0.05) is 16.8 Å². The standard InChI is InChI=1S/C11H12ClN3O/c1-6-10(11(13)15-14-6)8-4-3-7(16-2)5-9(8)12/h3-5H,1-2H3,(H3,13,14,15). The van der Waals surface area contributed by atoms with E-state index in [0.29, 0.717) is 16.6 Å². The van der Waals surface area contributed by atoms with Crippen LogP contribution in [0.3, 0.4) is 0 Å². The first-order chi connectivity index (χ1) is 7.63. The number of hydrogen-bond donors (Lipinski definition) is 2. The van der Waals surface area contributed by atoms with Crippen LogP contribution in [0.25, 0.3) is 11.1 Å². The van der Waals surface area contributed by atoms with E-state index in [2.05, 4.69) is 10.2 Å². The highest BCUT2D eigenvalue weighted by molar-refractivity contribution is 6.33. The number of nitrogens with zero attached hydrogens (tertiary/aromatic N) is 1. The van der Waals surface area contributed by atoms with Crippen molar-refractivity contribution in [2.24, 2.45) is 0 Å². The Balaban J connectivity index is 2.57. The number of halogens is 1. The van der Waals surface area contributed by atoms with Crippen LogP contribution in [0.5, 0.6) is 5.75 Å². The van der Waals surface area contributed by atoms with Crippen molar-refractivity contribution in [3.63, 3.8) is 0 Å². The maximum Gasteiger partial charge on any atom is 0.153 e. The fourth-order valence-electron chi connectivity index (χ4n) is 1.61. The lowest BCUT2D eigenvalue weighted by atomic mass is 10.1. The van der Waals surface area contributed by atoms with Gasteiger partial charge in [0.15, 0.2) is 5.82 Å². The van der Waals surface area contributed by atoms with Gasteiger partial charge in [0.2, 0.25) is 0 Å². The Kier molecular flexibility index (Phi) is 2.75. The lowest BCUT2D eigenvalue weighted by molar-refractivity contribution is 0.415. The number of nitrogens with two attached hydrogens (primary N) is 1. The lowest BCUT2D eigenvalue weighted by Gasteiger charge is -2.06. The molecule has 0 radical (unpaired) electrons. The summed E-state index contributed by atoms with van der Waals surface area (Å²) in [6.07, 6.45) is 0. The van der Waals surface area contributed by atoms with Gasteiger partial charge in [-0.3, -0.25) is 5.10 Å². The summed E-state index contributed by atoms with van der Waals surface area (Å²) >= 11 is 6.17. The molecule has 1 aromatic carbocycles. The second-order valence-corrected chi connectivity index (χ2v) is 3.86. The summed E-state index contributed by atoms with van der Waals surface area (Å²) in [5.74, 6) is 1.16. The fourth-order valence-corrected chi connectivity index (χ4v) is 1.88. The molecule has 4 nitrogen and oxygen atoms in total. The first-order valence-electron chi connectivity index (χ1n) is 4.78. The Hall–Kier alpha value is -1.68. The van der Waals surface area contributed by atoms with Gasteiger partial charge in [-0.05, 0) is 25.1 Å². The van der Waals surface area contributed by atoms with E-state index in [-0.39, 0.29) is 0 Å². The summed E-state index contributed by atoms with van der Waals surface area (Å²) in [4.78, 5) is 0. The Morgan fingerprint density at radius 2 is 2.19 bits per heavy atom. The number of nitrogen functional groups attached to an aromatic ring is 1. The highest BCUT2D eigenvalue weighted by Gasteiger charge is 2.13.